The molecule has 0 fully saturated rings. The van der Waals surface area contributed by atoms with Gasteiger partial charge in [0.2, 0.25) is 0 Å². The van der Waals surface area contributed by atoms with Crippen molar-refractivity contribution in [1.29, 1.82) is 0 Å². The molecule has 0 aliphatic carbocycles. The first-order valence-corrected chi connectivity index (χ1v) is 5.86. The molecule has 0 unspecified atom stereocenters. The topological polar surface area (TPSA) is 9.23 Å². The quantitative estimate of drug-likeness (QED) is 0.688. The molecule has 1 rings (SSSR count). The summed E-state index contributed by atoms with van der Waals surface area (Å²) in [6.07, 6.45) is 0. The second-order valence-electron chi connectivity index (χ2n) is 5.66. The standard InChI is InChI=1S/C15H24O/c1-9-10(2)12(4)14(16-8)13(11(9)3)15(5,6)7/h1-8H3. The van der Waals surface area contributed by atoms with Crippen molar-refractivity contribution < 1.29 is 4.74 Å². The molecule has 0 aromatic heterocycles. The molecule has 0 bridgehead atoms. The van der Waals surface area contributed by atoms with E-state index in [1.165, 1.54) is 27.8 Å². The fraction of sp³-hybridized carbons (Fsp3) is 0.600. The van der Waals surface area contributed by atoms with Crippen LogP contribution in [0.15, 0.2) is 0 Å². The number of rotatable bonds is 1. The Labute approximate surface area is 99.8 Å². The van der Waals surface area contributed by atoms with Crippen LogP contribution in [0.5, 0.6) is 5.75 Å². The average Bonchev–Trinajstić information content (AvgIpc) is 2.18. The van der Waals surface area contributed by atoms with E-state index >= 15 is 0 Å². The van der Waals surface area contributed by atoms with Crippen molar-refractivity contribution in [1.82, 2.24) is 0 Å². The molecule has 0 aliphatic heterocycles. The minimum atomic E-state index is 0.124. The molecule has 1 heteroatoms. The molecule has 0 saturated heterocycles. The van der Waals surface area contributed by atoms with E-state index < -0.39 is 0 Å². The first kappa shape index (κ1) is 13.1. The zero-order valence-electron chi connectivity index (χ0n) is 11.9. The zero-order valence-corrected chi connectivity index (χ0v) is 11.9. The van der Waals surface area contributed by atoms with Gasteiger partial charge in [0.25, 0.3) is 0 Å². The highest BCUT2D eigenvalue weighted by Gasteiger charge is 2.25. The monoisotopic (exact) mass is 220 g/mol. The van der Waals surface area contributed by atoms with E-state index in [-0.39, 0.29) is 5.41 Å². The molecule has 1 nitrogen and oxygen atoms in total. The lowest BCUT2D eigenvalue weighted by atomic mass is 9.79. The van der Waals surface area contributed by atoms with Crippen LogP contribution >= 0.6 is 0 Å². The molecule has 0 N–H and O–H groups in total. The Bertz CT molecular complexity index is 409. The molecular formula is C15H24O. The third-order valence-corrected chi connectivity index (χ3v) is 3.58. The maximum atomic E-state index is 5.62. The van der Waals surface area contributed by atoms with Crippen molar-refractivity contribution in [2.75, 3.05) is 7.11 Å². The van der Waals surface area contributed by atoms with Gasteiger partial charge in [0, 0.05) is 5.56 Å². The SMILES string of the molecule is COc1c(C)c(C)c(C)c(C)c1C(C)(C)C. The fourth-order valence-electron chi connectivity index (χ4n) is 2.44. The summed E-state index contributed by atoms with van der Waals surface area (Å²) in [5.41, 5.74) is 6.85. The van der Waals surface area contributed by atoms with Crippen molar-refractivity contribution in [2.24, 2.45) is 0 Å². The van der Waals surface area contributed by atoms with E-state index in [9.17, 15) is 0 Å². The van der Waals surface area contributed by atoms with Crippen molar-refractivity contribution in [3.63, 3.8) is 0 Å². The van der Waals surface area contributed by atoms with Gasteiger partial charge in [-0.25, -0.2) is 0 Å². The number of ether oxygens (including phenoxy) is 1. The number of hydrogen-bond donors (Lipinski definition) is 0. The Morgan fingerprint density at radius 1 is 0.750 bits per heavy atom. The van der Waals surface area contributed by atoms with Gasteiger partial charge in [0.1, 0.15) is 5.75 Å². The molecule has 0 heterocycles. The Morgan fingerprint density at radius 2 is 1.19 bits per heavy atom. The first-order chi connectivity index (χ1) is 7.21. The molecule has 1 aromatic carbocycles. The molecule has 1 aromatic rings. The van der Waals surface area contributed by atoms with Crippen molar-refractivity contribution in [2.45, 2.75) is 53.9 Å². The largest absolute Gasteiger partial charge is 0.496 e. The third kappa shape index (κ3) is 1.95. The minimum absolute atomic E-state index is 0.124. The maximum absolute atomic E-state index is 5.62. The second-order valence-corrected chi connectivity index (χ2v) is 5.66. The Balaban J connectivity index is 3.72. The average molecular weight is 220 g/mol. The third-order valence-electron chi connectivity index (χ3n) is 3.58. The molecule has 0 amide bonds. The summed E-state index contributed by atoms with van der Waals surface area (Å²) in [6.45, 7) is 15.4. The molecule has 0 saturated carbocycles. The Morgan fingerprint density at radius 3 is 1.56 bits per heavy atom. The fourth-order valence-corrected chi connectivity index (χ4v) is 2.44. The molecular weight excluding hydrogens is 196 g/mol. The summed E-state index contributed by atoms with van der Waals surface area (Å²) in [6, 6.07) is 0. The highest BCUT2D eigenvalue weighted by atomic mass is 16.5. The highest BCUT2D eigenvalue weighted by molar-refractivity contribution is 5.56. The van der Waals surface area contributed by atoms with E-state index in [1.54, 1.807) is 7.11 Å². The number of benzene rings is 1. The van der Waals surface area contributed by atoms with Crippen LogP contribution in [0.25, 0.3) is 0 Å². The van der Waals surface area contributed by atoms with E-state index in [0.29, 0.717) is 0 Å². The lowest BCUT2D eigenvalue weighted by Crippen LogP contribution is -2.17. The molecule has 90 valence electrons. The maximum Gasteiger partial charge on any atom is 0.126 e. The van der Waals surface area contributed by atoms with Gasteiger partial charge in [-0.2, -0.15) is 0 Å². The molecule has 0 aliphatic rings. The van der Waals surface area contributed by atoms with Crippen LogP contribution in [-0.4, -0.2) is 7.11 Å². The summed E-state index contributed by atoms with van der Waals surface area (Å²) in [4.78, 5) is 0. The Hall–Kier alpha value is -0.980. The highest BCUT2D eigenvalue weighted by Crippen LogP contribution is 2.39. The van der Waals surface area contributed by atoms with E-state index in [4.69, 9.17) is 4.74 Å². The van der Waals surface area contributed by atoms with Gasteiger partial charge >= 0.3 is 0 Å². The second kappa shape index (κ2) is 4.12. The van der Waals surface area contributed by atoms with Crippen molar-refractivity contribution >= 4 is 0 Å². The van der Waals surface area contributed by atoms with Crippen LogP contribution in [0.2, 0.25) is 0 Å². The summed E-state index contributed by atoms with van der Waals surface area (Å²) in [7, 11) is 1.77. The van der Waals surface area contributed by atoms with Gasteiger partial charge in [0.05, 0.1) is 7.11 Å². The Kier molecular flexibility index (Phi) is 3.37. The normalized spacial score (nSPS) is 11.8. The predicted octanol–water partition coefficient (Wildman–Crippen LogP) is 4.23. The van der Waals surface area contributed by atoms with Gasteiger partial charge in [-0.15, -0.1) is 0 Å². The van der Waals surface area contributed by atoms with Gasteiger partial charge in [-0.1, -0.05) is 20.8 Å². The van der Waals surface area contributed by atoms with E-state index in [2.05, 4.69) is 48.5 Å². The van der Waals surface area contributed by atoms with Gasteiger partial charge in [-0.05, 0) is 55.4 Å². The van der Waals surface area contributed by atoms with Crippen LogP contribution < -0.4 is 4.74 Å². The first-order valence-electron chi connectivity index (χ1n) is 5.86. The molecule has 0 radical (unpaired) electrons. The lowest BCUT2D eigenvalue weighted by Gasteiger charge is -2.28. The van der Waals surface area contributed by atoms with Gasteiger partial charge in [-0.3, -0.25) is 0 Å². The van der Waals surface area contributed by atoms with Crippen LogP contribution in [0, 0.1) is 27.7 Å². The van der Waals surface area contributed by atoms with Crippen LogP contribution in [0.3, 0.4) is 0 Å². The summed E-state index contributed by atoms with van der Waals surface area (Å²) >= 11 is 0. The summed E-state index contributed by atoms with van der Waals surface area (Å²) in [5.74, 6) is 1.06. The molecule has 0 spiro atoms. The van der Waals surface area contributed by atoms with Crippen LogP contribution in [-0.2, 0) is 5.41 Å². The number of methoxy groups -OCH3 is 1. The lowest BCUT2D eigenvalue weighted by molar-refractivity contribution is 0.393. The van der Waals surface area contributed by atoms with Gasteiger partial charge in [0.15, 0.2) is 0 Å². The van der Waals surface area contributed by atoms with E-state index in [1.807, 2.05) is 0 Å². The van der Waals surface area contributed by atoms with E-state index in [0.717, 1.165) is 5.75 Å². The van der Waals surface area contributed by atoms with Gasteiger partial charge < -0.3 is 4.74 Å². The smallest absolute Gasteiger partial charge is 0.126 e. The summed E-state index contributed by atoms with van der Waals surface area (Å²) in [5, 5.41) is 0. The summed E-state index contributed by atoms with van der Waals surface area (Å²) < 4.78 is 5.62. The molecule has 16 heavy (non-hydrogen) atoms. The number of hydrogen-bond acceptors (Lipinski definition) is 1. The van der Waals surface area contributed by atoms with Crippen molar-refractivity contribution in [3.8, 4) is 5.75 Å². The zero-order chi connectivity index (χ0) is 12.7. The van der Waals surface area contributed by atoms with Crippen LogP contribution in [0.4, 0.5) is 0 Å². The van der Waals surface area contributed by atoms with Crippen molar-refractivity contribution in [3.05, 3.63) is 27.8 Å². The minimum Gasteiger partial charge on any atom is -0.496 e. The predicted molar refractivity (Wildman–Crippen MR) is 70.6 cm³/mol. The van der Waals surface area contributed by atoms with Crippen LogP contribution in [0.1, 0.15) is 48.6 Å². The molecule has 0 atom stereocenters.